The van der Waals surface area contributed by atoms with Crippen LogP contribution in [0.1, 0.15) is 39.9 Å². The summed E-state index contributed by atoms with van der Waals surface area (Å²) in [5, 5.41) is 3.03. The lowest BCUT2D eigenvalue weighted by Gasteiger charge is -2.19. The molecule has 1 aromatic heterocycles. The van der Waals surface area contributed by atoms with Gasteiger partial charge in [-0.25, -0.2) is 0 Å². The highest BCUT2D eigenvalue weighted by Gasteiger charge is 2.22. The first-order valence-corrected chi connectivity index (χ1v) is 9.80. The van der Waals surface area contributed by atoms with Crippen molar-refractivity contribution in [3.8, 4) is 0 Å². The van der Waals surface area contributed by atoms with Crippen LogP contribution in [0.2, 0.25) is 0 Å². The molecule has 116 valence electrons. The Bertz CT molecular complexity index is 677. The van der Waals surface area contributed by atoms with Gasteiger partial charge in [0.1, 0.15) is 0 Å². The van der Waals surface area contributed by atoms with Crippen molar-refractivity contribution in [2.45, 2.75) is 37.5 Å². The van der Waals surface area contributed by atoms with Crippen molar-refractivity contribution in [2.75, 3.05) is 11.6 Å². The van der Waals surface area contributed by atoms with Crippen molar-refractivity contribution in [2.24, 2.45) is 5.92 Å². The number of carbonyl (C=O) groups is 1. The lowest BCUT2D eigenvalue weighted by molar-refractivity contribution is 0.103. The molecule has 0 aliphatic heterocycles. The molecule has 3 rings (SSSR count). The molecule has 1 aliphatic rings. The molecule has 0 fully saturated rings. The third kappa shape index (κ3) is 3.39. The van der Waals surface area contributed by atoms with E-state index in [1.807, 2.05) is 24.5 Å². The van der Waals surface area contributed by atoms with Gasteiger partial charge in [0.25, 0.3) is 5.91 Å². The monoisotopic (exact) mass is 331 g/mol. The Labute approximate surface area is 140 Å². The second-order valence-electron chi connectivity index (χ2n) is 5.76. The Kier molecular flexibility index (Phi) is 4.89. The Balaban J connectivity index is 1.74. The molecule has 1 aliphatic carbocycles. The van der Waals surface area contributed by atoms with Gasteiger partial charge in [0.15, 0.2) is 0 Å². The van der Waals surface area contributed by atoms with Gasteiger partial charge in [0.2, 0.25) is 0 Å². The molecule has 1 aromatic carbocycles. The predicted molar refractivity (Wildman–Crippen MR) is 96.3 cm³/mol. The van der Waals surface area contributed by atoms with E-state index in [0.717, 1.165) is 34.2 Å². The number of fused-ring (bicyclic) bond motifs is 1. The fraction of sp³-hybridized carbons (Fsp3) is 0.389. The number of nitrogens with one attached hydrogen (secondary N) is 1. The van der Waals surface area contributed by atoms with Gasteiger partial charge < -0.3 is 5.32 Å². The Morgan fingerprint density at radius 2 is 2.27 bits per heavy atom. The van der Waals surface area contributed by atoms with Crippen molar-refractivity contribution in [1.29, 1.82) is 0 Å². The van der Waals surface area contributed by atoms with Gasteiger partial charge in [0, 0.05) is 15.5 Å². The van der Waals surface area contributed by atoms with Crippen LogP contribution < -0.4 is 5.32 Å². The minimum Gasteiger partial charge on any atom is -0.321 e. The zero-order valence-corrected chi connectivity index (χ0v) is 14.7. The van der Waals surface area contributed by atoms with Crippen LogP contribution in [0.15, 0.2) is 35.2 Å². The Hall–Kier alpha value is -1.26. The van der Waals surface area contributed by atoms with Crippen molar-refractivity contribution >= 4 is 34.7 Å². The van der Waals surface area contributed by atoms with E-state index in [-0.39, 0.29) is 5.91 Å². The smallest absolute Gasteiger partial charge is 0.265 e. The van der Waals surface area contributed by atoms with Gasteiger partial charge in [-0.1, -0.05) is 19.4 Å². The topological polar surface area (TPSA) is 29.1 Å². The number of thioether (sulfide) groups is 1. The molecule has 0 saturated carbocycles. The molecule has 0 radical (unpaired) electrons. The number of carbonyl (C=O) groups excluding carboxylic acids is 1. The number of thiophene rings is 1. The van der Waals surface area contributed by atoms with Crippen molar-refractivity contribution in [1.82, 2.24) is 0 Å². The quantitative estimate of drug-likeness (QED) is 0.777. The molecule has 0 spiro atoms. The SMILES string of the molecule is CC[C@@H]1CCc2sc(C(=O)Nc3cccc(SC)c3)cc2C1. The minimum absolute atomic E-state index is 0.0192. The number of aryl methyl sites for hydroxylation is 1. The zero-order valence-electron chi connectivity index (χ0n) is 13.0. The van der Waals surface area contributed by atoms with Crippen LogP contribution in [-0.2, 0) is 12.8 Å². The maximum absolute atomic E-state index is 12.5. The van der Waals surface area contributed by atoms with E-state index >= 15 is 0 Å². The van der Waals surface area contributed by atoms with Crippen LogP contribution in [0.25, 0.3) is 0 Å². The van der Waals surface area contributed by atoms with E-state index in [1.165, 1.54) is 23.3 Å². The summed E-state index contributed by atoms with van der Waals surface area (Å²) in [7, 11) is 0. The lowest BCUT2D eigenvalue weighted by Crippen LogP contribution is -2.11. The average Bonchev–Trinajstić information content (AvgIpc) is 2.98. The summed E-state index contributed by atoms with van der Waals surface area (Å²) in [6.07, 6.45) is 6.81. The molecule has 4 heteroatoms. The average molecular weight is 332 g/mol. The van der Waals surface area contributed by atoms with Crippen LogP contribution in [0.3, 0.4) is 0 Å². The number of amides is 1. The van der Waals surface area contributed by atoms with Gasteiger partial charge in [-0.2, -0.15) is 0 Å². The molecule has 2 nitrogen and oxygen atoms in total. The number of anilines is 1. The molecule has 0 saturated heterocycles. The molecular formula is C18H21NOS2. The third-order valence-corrected chi connectivity index (χ3v) is 6.27. The van der Waals surface area contributed by atoms with Gasteiger partial charge in [-0.3, -0.25) is 4.79 Å². The summed E-state index contributed by atoms with van der Waals surface area (Å²) in [5.74, 6) is 0.807. The van der Waals surface area contributed by atoms with Gasteiger partial charge in [-0.05, 0) is 61.3 Å². The summed E-state index contributed by atoms with van der Waals surface area (Å²) in [5.41, 5.74) is 2.26. The molecular weight excluding hydrogens is 310 g/mol. The number of hydrogen-bond acceptors (Lipinski definition) is 3. The van der Waals surface area contributed by atoms with Crippen molar-refractivity contribution in [3.63, 3.8) is 0 Å². The van der Waals surface area contributed by atoms with E-state index in [2.05, 4.69) is 24.4 Å². The molecule has 1 atom stereocenters. The van der Waals surface area contributed by atoms with Gasteiger partial charge in [0.05, 0.1) is 4.88 Å². The summed E-state index contributed by atoms with van der Waals surface area (Å²) < 4.78 is 0. The second kappa shape index (κ2) is 6.88. The maximum atomic E-state index is 12.5. The van der Waals surface area contributed by atoms with Crippen LogP contribution in [0.4, 0.5) is 5.69 Å². The summed E-state index contributed by atoms with van der Waals surface area (Å²) in [4.78, 5) is 15.9. The molecule has 0 bridgehead atoms. The number of benzene rings is 1. The fourth-order valence-electron chi connectivity index (χ4n) is 2.95. The maximum Gasteiger partial charge on any atom is 0.265 e. The number of hydrogen-bond donors (Lipinski definition) is 1. The van der Waals surface area contributed by atoms with E-state index in [1.54, 1.807) is 23.1 Å². The van der Waals surface area contributed by atoms with Gasteiger partial charge in [-0.15, -0.1) is 23.1 Å². The largest absolute Gasteiger partial charge is 0.321 e. The van der Waals surface area contributed by atoms with E-state index in [4.69, 9.17) is 0 Å². The molecule has 0 unspecified atom stereocenters. The molecule has 22 heavy (non-hydrogen) atoms. The first kappa shape index (κ1) is 15.6. The highest BCUT2D eigenvalue weighted by molar-refractivity contribution is 7.98. The first-order chi connectivity index (χ1) is 10.7. The zero-order chi connectivity index (χ0) is 15.5. The molecule has 1 heterocycles. The van der Waals surface area contributed by atoms with Crippen LogP contribution in [0.5, 0.6) is 0 Å². The second-order valence-corrected chi connectivity index (χ2v) is 7.78. The van der Waals surface area contributed by atoms with Crippen LogP contribution in [0, 0.1) is 5.92 Å². The summed E-state index contributed by atoms with van der Waals surface area (Å²) in [6.45, 7) is 2.26. The van der Waals surface area contributed by atoms with Crippen molar-refractivity contribution in [3.05, 3.63) is 45.6 Å². The van der Waals surface area contributed by atoms with E-state index in [0.29, 0.717) is 0 Å². The highest BCUT2D eigenvalue weighted by atomic mass is 32.2. The molecule has 2 aromatic rings. The Morgan fingerprint density at radius 1 is 1.41 bits per heavy atom. The third-order valence-electron chi connectivity index (χ3n) is 4.31. The summed E-state index contributed by atoms with van der Waals surface area (Å²) >= 11 is 3.35. The van der Waals surface area contributed by atoms with Crippen LogP contribution >= 0.6 is 23.1 Å². The highest BCUT2D eigenvalue weighted by Crippen LogP contribution is 2.34. The summed E-state index contributed by atoms with van der Waals surface area (Å²) in [6, 6.07) is 10.1. The lowest BCUT2D eigenvalue weighted by atomic mass is 9.87. The first-order valence-electron chi connectivity index (χ1n) is 7.76. The van der Waals surface area contributed by atoms with Gasteiger partial charge >= 0.3 is 0 Å². The number of rotatable bonds is 4. The molecule has 1 N–H and O–H groups in total. The Morgan fingerprint density at radius 3 is 3.05 bits per heavy atom. The van der Waals surface area contributed by atoms with Crippen molar-refractivity contribution < 1.29 is 4.79 Å². The predicted octanol–water partition coefficient (Wildman–Crippen LogP) is 5.24. The normalized spacial score (nSPS) is 17.1. The fourth-order valence-corrected chi connectivity index (χ4v) is 4.52. The van der Waals surface area contributed by atoms with E-state index < -0.39 is 0 Å². The van der Waals surface area contributed by atoms with Crippen LogP contribution in [-0.4, -0.2) is 12.2 Å². The minimum atomic E-state index is 0.0192. The van der Waals surface area contributed by atoms with E-state index in [9.17, 15) is 4.79 Å². The standard InChI is InChI=1S/C18H21NOS2/c1-3-12-7-8-16-13(9-12)10-17(22-16)18(20)19-14-5-4-6-15(11-14)21-2/h4-6,10-12H,3,7-9H2,1-2H3,(H,19,20)/t12-/m1/s1. The molecule has 1 amide bonds.